The third kappa shape index (κ3) is 4.27. The van der Waals surface area contributed by atoms with E-state index in [-0.39, 0.29) is 29.5 Å². The summed E-state index contributed by atoms with van der Waals surface area (Å²) >= 11 is 0. The predicted octanol–water partition coefficient (Wildman–Crippen LogP) is 4.09. The molecule has 9 heteroatoms. The molecule has 1 aliphatic heterocycles. The van der Waals surface area contributed by atoms with Gasteiger partial charge in [0, 0.05) is 30.1 Å². The van der Waals surface area contributed by atoms with Crippen molar-refractivity contribution in [1.82, 2.24) is 4.57 Å². The number of fused-ring (bicyclic) bond motifs is 1. The average molecular weight is 462 g/mol. The molecule has 174 valence electrons. The Hall–Kier alpha value is -4.40. The fourth-order valence-corrected chi connectivity index (χ4v) is 3.85. The molecule has 2 aromatic carbocycles. The van der Waals surface area contributed by atoms with Crippen molar-refractivity contribution in [1.29, 1.82) is 0 Å². The molecule has 1 aliphatic rings. The quantitative estimate of drug-likeness (QED) is 0.496. The van der Waals surface area contributed by atoms with Crippen LogP contribution < -0.4 is 26.2 Å². The molecule has 2 heterocycles. The molecular formula is C25H23FN4O4. The Morgan fingerprint density at radius 1 is 1.15 bits per heavy atom. The first kappa shape index (κ1) is 22.8. The molecule has 3 N–H and O–H groups in total. The van der Waals surface area contributed by atoms with Gasteiger partial charge in [0.05, 0.1) is 12.2 Å². The Morgan fingerprint density at radius 3 is 2.53 bits per heavy atom. The molecule has 8 nitrogen and oxygen atoms in total. The van der Waals surface area contributed by atoms with Gasteiger partial charge in [-0.2, -0.15) is 0 Å². The second kappa shape index (κ2) is 8.86. The van der Waals surface area contributed by atoms with Crippen molar-refractivity contribution in [2.45, 2.75) is 13.8 Å². The topological polar surface area (TPSA) is 101 Å². The Labute approximate surface area is 195 Å². The molecule has 3 aromatic rings. The Kier molecular flexibility index (Phi) is 5.93. The summed E-state index contributed by atoms with van der Waals surface area (Å²) in [7, 11) is 1.60. The van der Waals surface area contributed by atoms with Gasteiger partial charge < -0.3 is 25.3 Å². The van der Waals surface area contributed by atoms with E-state index in [2.05, 4.69) is 22.5 Å². The summed E-state index contributed by atoms with van der Waals surface area (Å²) in [5.41, 5.74) is 2.92. The van der Waals surface area contributed by atoms with Gasteiger partial charge in [-0.15, -0.1) is 0 Å². The Morgan fingerprint density at radius 2 is 1.85 bits per heavy atom. The first-order valence-corrected chi connectivity index (χ1v) is 10.5. The van der Waals surface area contributed by atoms with Gasteiger partial charge in [0.2, 0.25) is 11.8 Å². The van der Waals surface area contributed by atoms with Crippen LogP contribution >= 0.6 is 0 Å². The second-order valence-corrected chi connectivity index (χ2v) is 7.99. The van der Waals surface area contributed by atoms with E-state index in [0.717, 1.165) is 6.08 Å². The lowest BCUT2D eigenvalue weighted by molar-refractivity contribution is -0.115. The minimum absolute atomic E-state index is 0.0293. The van der Waals surface area contributed by atoms with Crippen molar-refractivity contribution in [2.24, 2.45) is 7.05 Å². The fraction of sp³-hybridized carbons (Fsp3) is 0.160. The van der Waals surface area contributed by atoms with Crippen LogP contribution in [-0.4, -0.2) is 22.9 Å². The van der Waals surface area contributed by atoms with E-state index in [1.807, 2.05) is 0 Å². The lowest BCUT2D eigenvalue weighted by Gasteiger charge is -2.24. The van der Waals surface area contributed by atoms with Gasteiger partial charge in [0.25, 0.3) is 5.56 Å². The van der Waals surface area contributed by atoms with Crippen LogP contribution in [0.4, 0.5) is 21.5 Å². The zero-order chi connectivity index (χ0) is 24.6. The number of halogens is 1. The van der Waals surface area contributed by atoms with Crippen LogP contribution in [0.1, 0.15) is 11.1 Å². The largest absolute Gasteiger partial charge is 0.456 e. The Balaban J connectivity index is 1.94. The first-order chi connectivity index (χ1) is 16.2. The first-order valence-electron chi connectivity index (χ1n) is 10.5. The molecule has 34 heavy (non-hydrogen) atoms. The highest BCUT2D eigenvalue weighted by Gasteiger charge is 2.25. The minimum atomic E-state index is -0.401. The van der Waals surface area contributed by atoms with E-state index in [0.29, 0.717) is 45.1 Å². The number of rotatable bonds is 5. The highest BCUT2D eigenvalue weighted by molar-refractivity contribution is 6.06. The molecule has 0 bridgehead atoms. The van der Waals surface area contributed by atoms with E-state index in [1.54, 1.807) is 45.3 Å². The number of aromatic nitrogens is 1. The van der Waals surface area contributed by atoms with Gasteiger partial charge in [-0.05, 0) is 61.4 Å². The molecule has 0 atom stereocenters. The standard InChI is InChI=1S/C25H23FN4O4/c1-5-20(31)28-16-6-7-19(34-24-13(2)8-15(26)9-14(24)3)17(10-16)18-12-30(4)25(33)23-22(18)29-21(32)11-27-23/h5-10,12,27H,1,11H2,2-4H3,(H,28,31)(H,29,32). The van der Waals surface area contributed by atoms with E-state index in [4.69, 9.17) is 4.74 Å². The highest BCUT2D eigenvalue weighted by atomic mass is 19.1. The van der Waals surface area contributed by atoms with Crippen LogP contribution in [0.2, 0.25) is 0 Å². The lowest BCUT2D eigenvalue weighted by atomic mass is 10.0. The Bertz CT molecular complexity index is 1390. The summed E-state index contributed by atoms with van der Waals surface area (Å²) in [4.78, 5) is 36.7. The van der Waals surface area contributed by atoms with Crippen LogP contribution in [0.3, 0.4) is 0 Å². The summed E-state index contributed by atoms with van der Waals surface area (Å²) in [6.07, 6.45) is 2.73. The number of carbonyl (C=O) groups is 2. The number of amides is 2. The molecule has 0 spiro atoms. The van der Waals surface area contributed by atoms with Crippen LogP contribution in [0.5, 0.6) is 11.5 Å². The number of hydrogen-bond acceptors (Lipinski definition) is 5. The van der Waals surface area contributed by atoms with Gasteiger partial charge >= 0.3 is 0 Å². The van der Waals surface area contributed by atoms with Gasteiger partial charge in [0.1, 0.15) is 23.0 Å². The van der Waals surface area contributed by atoms with Gasteiger partial charge in [-0.1, -0.05) is 6.58 Å². The van der Waals surface area contributed by atoms with Crippen molar-refractivity contribution in [3.63, 3.8) is 0 Å². The summed E-state index contributed by atoms with van der Waals surface area (Å²) in [5, 5.41) is 8.34. The van der Waals surface area contributed by atoms with E-state index < -0.39 is 5.91 Å². The van der Waals surface area contributed by atoms with Crippen LogP contribution in [0.15, 0.2) is 54.0 Å². The number of carbonyl (C=O) groups excluding carboxylic acids is 2. The normalized spacial score (nSPS) is 12.3. The van der Waals surface area contributed by atoms with Gasteiger partial charge in [0.15, 0.2) is 0 Å². The summed E-state index contributed by atoms with van der Waals surface area (Å²) in [5.74, 6) is -0.208. The van der Waals surface area contributed by atoms with E-state index in [9.17, 15) is 18.8 Å². The van der Waals surface area contributed by atoms with Gasteiger partial charge in [-0.3, -0.25) is 14.4 Å². The molecule has 1 aromatic heterocycles. The number of aryl methyl sites for hydroxylation is 3. The molecule has 0 saturated heterocycles. The maximum absolute atomic E-state index is 13.8. The van der Waals surface area contributed by atoms with Gasteiger partial charge in [-0.25, -0.2) is 4.39 Å². The summed E-state index contributed by atoms with van der Waals surface area (Å²) in [6, 6.07) is 7.73. The number of ether oxygens (including phenoxy) is 1. The number of nitrogens with zero attached hydrogens (tertiary/aromatic N) is 1. The number of pyridine rings is 1. The molecule has 2 amide bonds. The zero-order valence-electron chi connectivity index (χ0n) is 18.9. The molecule has 0 aliphatic carbocycles. The van der Waals surface area contributed by atoms with Crippen LogP contribution in [0.25, 0.3) is 11.1 Å². The number of anilines is 3. The molecule has 0 fully saturated rings. The van der Waals surface area contributed by atoms with E-state index in [1.165, 1.54) is 16.7 Å². The zero-order valence-corrected chi connectivity index (χ0v) is 18.9. The van der Waals surface area contributed by atoms with E-state index >= 15 is 0 Å². The highest BCUT2D eigenvalue weighted by Crippen LogP contribution is 2.42. The number of nitrogens with one attached hydrogen (secondary N) is 3. The molecule has 0 saturated carbocycles. The van der Waals surface area contributed by atoms with Crippen molar-refractivity contribution < 1.29 is 18.7 Å². The monoisotopic (exact) mass is 462 g/mol. The third-order valence-corrected chi connectivity index (χ3v) is 5.43. The average Bonchev–Trinajstić information content (AvgIpc) is 2.79. The second-order valence-electron chi connectivity index (χ2n) is 7.99. The smallest absolute Gasteiger partial charge is 0.275 e. The summed E-state index contributed by atoms with van der Waals surface area (Å²) < 4.78 is 21.5. The SMILES string of the molecule is C=CC(=O)Nc1ccc(Oc2c(C)cc(F)cc2C)c(-c2cn(C)c(=O)c3c2NC(=O)CN3)c1. The maximum Gasteiger partial charge on any atom is 0.275 e. The lowest BCUT2D eigenvalue weighted by Crippen LogP contribution is -2.34. The van der Waals surface area contributed by atoms with Crippen molar-refractivity contribution in [3.05, 3.63) is 76.5 Å². The minimum Gasteiger partial charge on any atom is -0.456 e. The van der Waals surface area contributed by atoms with Crippen molar-refractivity contribution in [3.8, 4) is 22.6 Å². The molecular weight excluding hydrogens is 439 g/mol. The van der Waals surface area contributed by atoms with Crippen molar-refractivity contribution in [2.75, 3.05) is 22.5 Å². The van der Waals surface area contributed by atoms with Crippen molar-refractivity contribution >= 4 is 28.9 Å². The maximum atomic E-state index is 13.8. The molecule has 4 rings (SSSR count). The number of benzene rings is 2. The molecule has 0 unspecified atom stereocenters. The molecule has 0 radical (unpaired) electrons. The third-order valence-electron chi connectivity index (χ3n) is 5.43. The summed E-state index contributed by atoms with van der Waals surface area (Å²) in [6.45, 7) is 6.91. The number of hydrogen-bond donors (Lipinski definition) is 3. The fourth-order valence-electron chi connectivity index (χ4n) is 3.85. The predicted molar refractivity (Wildman–Crippen MR) is 129 cm³/mol. The van der Waals surface area contributed by atoms with Crippen LogP contribution in [-0.2, 0) is 16.6 Å². The van der Waals surface area contributed by atoms with Crippen LogP contribution in [0, 0.1) is 19.7 Å².